The molecule has 1 heterocycles. The molecule has 2 aromatic rings. The highest BCUT2D eigenvalue weighted by atomic mass is 35.5. The van der Waals surface area contributed by atoms with Crippen molar-refractivity contribution in [2.45, 2.75) is 13.5 Å². The van der Waals surface area contributed by atoms with Crippen molar-refractivity contribution in [1.82, 2.24) is 4.90 Å². The number of carbonyl (C=O) groups excluding carboxylic acids is 1. The number of halogens is 1. The molecule has 1 aliphatic rings. The van der Waals surface area contributed by atoms with Crippen LogP contribution in [0, 0.1) is 0 Å². The average molecular weight is 420 g/mol. The van der Waals surface area contributed by atoms with E-state index in [1.54, 1.807) is 7.05 Å². The largest absolute Gasteiger partial charge is 0.490 e. The highest BCUT2D eigenvalue weighted by Gasteiger charge is 2.28. The molecule has 7 heteroatoms. The van der Waals surface area contributed by atoms with Crippen molar-refractivity contribution < 1.29 is 14.3 Å². The van der Waals surface area contributed by atoms with Crippen LogP contribution in [0.1, 0.15) is 18.1 Å². The van der Waals surface area contributed by atoms with Gasteiger partial charge in [0.2, 0.25) is 0 Å². The Hall–Kier alpha value is -2.02. The van der Waals surface area contributed by atoms with Crippen LogP contribution in [0.5, 0.6) is 11.5 Å². The van der Waals surface area contributed by atoms with Crippen LogP contribution in [0.25, 0.3) is 6.08 Å². The van der Waals surface area contributed by atoms with Gasteiger partial charge in [-0.2, -0.15) is 0 Å². The lowest BCUT2D eigenvalue weighted by atomic mass is 10.1. The normalized spacial score (nSPS) is 15.5. The molecule has 1 amide bonds. The number of hydrogen-bond acceptors (Lipinski definition) is 5. The number of thioether (sulfide) groups is 1. The summed E-state index contributed by atoms with van der Waals surface area (Å²) < 4.78 is 12.2. The Balaban J connectivity index is 1.79. The summed E-state index contributed by atoms with van der Waals surface area (Å²) in [6.45, 7) is 2.83. The summed E-state index contributed by atoms with van der Waals surface area (Å²) in [6, 6.07) is 13.1. The number of ether oxygens (including phenoxy) is 2. The first-order chi connectivity index (χ1) is 13.0. The van der Waals surface area contributed by atoms with Crippen molar-refractivity contribution in [1.29, 1.82) is 0 Å². The number of benzene rings is 2. The molecule has 0 aromatic heterocycles. The summed E-state index contributed by atoms with van der Waals surface area (Å²) in [4.78, 5) is 14.2. The number of rotatable bonds is 6. The summed E-state index contributed by atoms with van der Waals surface area (Å²) in [5, 5.41) is 0.690. The summed E-state index contributed by atoms with van der Waals surface area (Å²) in [5.74, 6) is 1.19. The Kier molecular flexibility index (Phi) is 6.42. The molecule has 0 bridgehead atoms. The lowest BCUT2D eigenvalue weighted by Crippen LogP contribution is -2.22. The minimum absolute atomic E-state index is 0.0916. The van der Waals surface area contributed by atoms with Crippen LogP contribution in [0.3, 0.4) is 0 Å². The first-order valence-electron chi connectivity index (χ1n) is 8.33. The standard InChI is InChI=1S/C20H18ClNO3S2/c1-3-24-17-10-14(11-18-19(23)22(2)20(26)27-18)6-9-16(17)25-12-13-4-7-15(21)8-5-13/h4-11H,3,12H2,1-2H3. The fourth-order valence-electron chi connectivity index (χ4n) is 2.44. The van der Waals surface area contributed by atoms with E-state index in [4.69, 9.17) is 33.3 Å². The molecule has 1 fully saturated rings. The highest BCUT2D eigenvalue weighted by molar-refractivity contribution is 8.26. The molecule has 0 atom stereocenters. The Morgan fingerprint density at radius 3 is 2.52 bits per heavy atom. The predicted octanol–water partition coefficient (Wildman–Crippen LogP) is 5.15. The highest BCUT2D eigenvalue weighted by Crippen LogP contribution is 2.34. The lowest BCUT2D eigenvalue weighted by Gasteiger charge is -2.13. The second-order valence-electron chi connectivity index (χ2n) is 5.80. The maximum atomic E-state index is 12.2. The van der Waals surface area contributed by atoms with Crippen molar-refractivity contribution in [2.75, 3.05) is 13.7 Å². The zero-order valence-corrected chi connectivity index (χ0v) is 17.3. The van der Waals surface area contributed by atoms with E-state index in [9.17, 15) is 4.79 Å². The first-order valence-corrected chi connectivity index (χ1v) is 9.94. The molecule has 4 nitrogen and oxygen atoms in total. The second kappa shape index (κ2) is 8.78. The van der Waals surface area contributed by atoms with Crippen LogP contribution in [-0.2, 0) is 11.4 Å². The molecule has 0 radical (unpaired) electrons. The molecule has 0 saturated carbocycles. The van der Waals surface area contributed by atoms with Crippen LogP contribution < -0.4 is 9.47 Å². The average Bonchev–Trinajstić information content (AvgIpc) is 2.89. The van der Waals surface area contributed by atoms with E-state index in [2.05, 4.69) is 0 Å². The van der Waals surface area contributed by atoms with Gasteiger partial charge in [-0.25, -0.2) is 0 Å². The van der Waals surface area contributed by atoms with E-state index in [-0.39, 0.29) is 5.91 Å². The van der Waals surface area contributed by atoms with Crippen LogP contribution in [0.2, 0.25) is 5.02 Å². The number of amides is 1. The zero-order chi connectivity index (χ0) is 19.4. The number of carbonyl (C=O) groups is 1. The van der Waals surface area contributed by atoms with Crippen LogP contribution in [-0.4, -0.2) is 28.8 Å². The lowest BCUT2D eigenvalue weighted by molar-refractivity contribution is -0.121. The number of nitrogens with zero attached hydrogens (tertiary/aromatic N) is 1. The van der Waals surface area contributed by atoms with E-state index in [1.807, 2.05) is 55.5 Å². The number of thiocarbonyl (C=S) groups is 1. The zero-order valence-electron chi connectivity index (χ0n) is 14.9. The first kappa shape index (κ1) is 19.7. The maximum Gasteiger partial charge on any atom is 0.265 e. The topological polar surface area (TPSA) is 38.8 Å². The molecular formula is C20H18ClNO3S2. The van der Waals surface area contributed by atoms with Gasteiger partial charge in [0, 0.05) is 12.1 Å². The van der Waals surface area contributed by atoms with Crippen molar-refractivity contribution in [3.8, 4) is 11.5 Å². The van der Waals surface area contributed by atoms with Crippen molar-refractivity contribution in [2.24, 2.45) is 0 Å². The van der Waals surface area contributed by atoms with Crippen LogP contribution in [0.4, 0.5) is 0 Å². The van der Waals surface area contributed by atoms with Gasteiger partial charge in [-0.1, -0.05) is 53.8 Å². The van der Waals surface area contributed by atoms with Gasteiger partial charge >= 0.3 is 0 Å². The van der Waals surface area contributed by atoms with Crippen molar-refractivity contribution in [3.05, 3.63) is 63.5 Å². The quantitative estimate of drug-likeness (QED) is 0.478. The fraction of sp³-hybridized carbons (Fsp3) is 0.200. The monoisotopic (exact) mass is 419 g/mol. The molecule has 0 spiro atoms. The minimum atomic E-state index is -0.0916. The second-order valence-corrected chi connectivity index (χ2v) is 7.91. The molecule has 27 heavy (non-hydrogen) atoms. The molecule has 3 rings (SSSR count). The van der Waals surface area contributed by atoms with Gasteiger partial charge in [-0.15, -0.1) is 0 Å². The molecule has 2 aromatic carbocycles. The van der Waals surface area contributed by atoms with Gasteiger partial charge in [0.25, 0.3) is 5.91 Å². The Morgan fingerprint density at radius 1 is 1.15 bits per heavy atom. The van der Waals surface area contributed by atoms with Gasteiger partial charge in [0.15, 0.2) is 11.5 Å². The van der Waals surface area contributed by atoms with Gasteiger partial charge in [0.05, 0.1) is 11.5 Å². The van der Waals surface area contributed by atoms with Crippen molar-refractivity contribution in [3.63, 3.8) is 0 Å². The van der Waals surface area contributed by atoms with Gasteiger partial charge in [-0.3, -0.25) is 9.69 Å². The van der Waals surface area contributed by atoms with Gasteiger partial charge in [0.1, 0.15) is 10.9 Å². The fourth-order valence-corrected chi connectivity index (χ4v) is 3.75. The van der Waals surface area contributed by atoms with E-state index < -0.39 is 0 Å². The summed E-state index contributed by atoms with van der Waals surface area (Å²) in [7, 11) is 1.68. The minimum Gasteiger partial charge on any atom is -0.490 e. The number of likely N-dealkylation sites (N-methyl/N-ethyl adjacent to an activating group) is 1. The Bertz CT molecular complexity index is 897. The third-order valence-corrected chi connectivity index (χ3v) is 5.60. The van der Waals surface area contributed by atoms with E-state index in [0.29, 0.717) is 39.0 Å². The van der Waals surface area contributed by atoms with E-state index in [1.165, 1.54) is 16.7 Å². The van der Waals surface area contributed by atoms with Gasteiger partial charge < -0.3 is 9.47 Å². The molecule has 0 unspecified atom stereocenters. The van der Waals surface area contributed by atoms with E-state index in [0.717, 1.165) is 11.1 Å². The molecule has 1 aliphatic heterocycles. The SMILES string of the molecule is CCOc1cc(C=C2SC(=S)N(C)C2=O)ccc1OCc1ccc(Cl)cc1. The van der Waals surface area contributed by atoms with Crippen molar-refractivity contribution >= 4 is 51.9 Å². The van der Waals surface area contributed by atoms with Gasteiger partial charge in [-0.05, 0) is 48.4 Å². The van der Waals surface area contributed by atoms with Crippen LogP contribution in [0.15, 0.2) is 47.4 Å². The van der Waals surface area contributed by atoms with Crippen LogP contribution >= 0.6 is 35.6 Å². The number of hydrogen-bond donors (Lipinski definition) is 0. The Labute approximate surface area is 173 Å². The maximum absolute atomic E-state index is 12.2. The molecule has 140 valence electrons. The molecule has 0 N–H and O–H groups in total. The summed E-state index contributed by atoms with van der Waals surface area (Å²) in [5.41, 5.74) is 1.86. The summed E-state index contributed by atoms with van der Waals surface area (Å²) >= 11 is 12.4. The molecular weight excluding hydrogens is 402 g/mol. The third-order valence-electron chi connectivity index (χ3n) is 3.86. The summed E-state index contributed by atoms with van der Waals surface area (Å²) in [6.07, 6.45) is 1.81. The Morgan fingerprint density at radius 2 is 1.89 bits per heavy atom. The third kappa shape index (κ3) is 4.83. The smallest absolute Gasteiger partial charge is 0.265 e. The molecule has 0 aliphatic carbocycles. The predicted molar refractivity (Wildman–Crippen MR) is 114 cm³/mol. The molecule has 1 saturated heterocycles. The van der Waals surface area contributed by atoms with E-state index >= 15 is 0 Å².